The molecule has 5 rings (SSSR count). The fourth-order valence-electron chi connectivity index (χ4n) is 5.42. The number of hydrogen-bond acceptors (Lipinski definition) is 5. The van der Waals surface area contributed by atoms with E-state index in [2.05, 4.69) is 10.3 Å². The average molecular weight is 766 g/mol. The zero-order valence-corrected chi connectivity index (χ0v) is 28.8. The lowest BCUT2D eigenvalue weighted by Gasteiger charge is -2.18. The van der Waals surface area contributed by atoms with Crippen LogP contribution in [0.1, 0.15) is 27.0 Å². The van der Waals surface area contributed by atoms with Gasteiger partial charge in [-0.1, -0.05) is 77.8 Å². The van der Waals surface area contributed by atoms with E-state index in [0.29, 0.717) is 54.7 Å². The van der Waals surface area contributed by atoms with Gasteiger partial charge in [-0.15, -0.1) is 0 Å². The van der Waals surface area contributed by atoms with E-state index in [1.165, 1.54) is 4.57 Å². The highest BCUT2D eigenvalue weighted by atomic mass is 35.5. The summed E-state index contributed by atoms with van der Waals surface area (Å²) in [6.07, 6.45) is -10.2. The first-order valence-electron chi connectivity index (χ1n) is 15.9. The van der Waals surface area contributed by atoms with Crippen molar-refractivity contribution >= 4 is 29.1 Å². The summed E-state index contributed by atoms with van der Waals surface area (Å²) in [5.41, 5.74) is 3.82. The van der Waals surface area contributed by atoms with Gasteiger partial charge in [0.1, 0.15) is 5.82 Å². The monoisotopic (exact) mass is 764 g/mol. The van der Waals surface area contributed by atoms with Gasteiger partial charge in [0.25, 0.3) is 5.91 Å². The Kier molecular flexibility index (Phi) is 12.7. The normalized spacial score (nSPS) is 11.9. The maximum absolute atomic E-state index is 14.6. The van der Waals surface area contributed by atoms with Crippen molar-refractivity contribution in [2.75, 3.05) is 39.5 Å². The van der Waals surface area contributed by atoms with Crippen LogP contribution in [0.2, 0.25) is 10.0 Å². The molecule has 15 heteroatoms. The van der Waals surface area contributed by atoms with Crippen molar-refractivity contribution in [3.05, 3.63) is 123 Å². The minimum absolute atomic E-state index is 0.0762. The fourth-order valence-corrected chi connectivity index (χ4v) is 5.87. The largest absolute Gasteiger partial charge is 0.417 e. The minimum Gasteiger partial charge on any atom is -0.378 e. The van der Waals surface area contributed by atoms with Gasteiger partial charge in [0.2, 0.25) is 0 Å². The molecule has 0 fully saturated rings. The molecule has 5 aromatic rings. The third kappa shape index (κ3) is 9.33. The summed E-state index contributed by atoms with van der Waals surface area (Å²) in [7, 11) is 0. The summed E-state index contributed by atoms with van der Waals surface area (Å²) < 4.78 is 96.7. The Hall–Kier alpha value is -4.40. The standard InChI is InChI=1S/C37H32Cl2F6N4O3/c38-30-7-3-1-5-27(30)32-33(28-6-2-4-8-31(28)39)49(34(48-32)26-14-13-25(36(40,41)42)21-29(26)37(43,44)45)22-23-9-11-24(12-10-23)35(50)47-16-18-52-20-19-51-17-15-46/h1-14,21H,15-20,22,46H2,(H,47,50). The van der Waals surface area contributed by atoms with Gasteiger partial charge in [0, 0.05) is 46.9 Å². The number of rotatable bonds is 14. The van der Waals surface area contributed by atoms with Crippen LogP contribution in [0.4, 0.5) is 26.3 Å². The summed E-state index contributed by atoms with van der Waals surface area (Å²) in [5.74, 6) is -0.656. The zero-order chi connectivity index (χ0) is 37.5. The third-order valence-electron chi connectivity index (χ3n) is 7.84. The van der Waals surface area contributed by atoms with E-state index in [4.69, 9.17) is 38.4 Å². The molecule has 0 saturated carbocycles. The second-order valence-corrected chi connectivity index (χ2v) is 12.2. The van der Waals surface area contributed by atoms with Crippen LogP contribution in [-0.2, 0) is 28.4 Å². The van der Waals surface area contributed by atoms with Gasteiger partial charge in [-0.3, -0.25) is 4.79 Å². The van der Waals surface area contributed by atoms with Crippen molar-refractivity contribution in [3.8, 4) is 33.9 Å². The lowest BCUT2D eigenvalue weighted by atomic mass is 10.0. The van der Waals surface area contributed by atoms with E-state index in [9.17, 15) is 31.1 Å². The molecule has 0 aliphatic rings. The molecule has 0 spiro atoms. The molecule has 0 radical (unpaired) electrons. The van der Waals surface area contributed by atoms with Crippen LogP contribution in [0.5, 0.6) is 0 Å². The van der Waals surface area contributed by atoms with Crippen molar-refractivity contribution in [1.29, 1.82) is 0 Å². The molecule has 1 aromatic heterocycles. The van der Waals surface area contributed by atoms with Crippen LogP contribution >= 0.6 is 23.2 Å². The molecule has 7 nitrogen and oxygen atoms in total. The van der Waals surface area contributed by atoms with Crippen LogP contribution in [0.15, 0.2) is 91.0 Å². The van der Waals surface area contributed by atoms with Crippen LogP contribution < -0.4 is 11.1 Å². The highest BCUT2D eigenvalue weighted by molar-refractivity contribution is 6.34. The number of nitrogens with one attached hydrogen (secondary N) is 1. The fraction of sp³-hybridized carbons (Fsp3) is 0.243. The number of nitrogens with zero attached hydrogens (tertiary/aromatic N) is 2. The molecular formula is C37H32Cl2F6N4O3. The quantitative estimate of drug-likeness (QED) is 0.0871. The zero-order valence-electron chi connectivity index (χ0n) is 27.3. The SMILES string of the molecule is NCCOCCOCCNC(=O)c1ccc(Cn2c(-c3ccc(C(F)(F)F)cc3C(F)(F)F)nc(-c3ccccc3Cl)c2-c2ccccc2Cl)cc1. The molecule has 274 valence electrons. The number of carbonyl (C=O) groups is 1. The Bertz CT molecular complexity index is 2000. The van der Waals surface area contributed by atoms with Gasteiger partial charge in [-0.05, 0) is 42.0 Å². The van der Waals surface area contributed by atoms with Crippen molar-refractivity contribution in [3.63, 3.8) is 0 Å². The van der Waals surface area contributed by atoms with Gasteiger partial charge in [-0.2, -0.15) is 26.3 Å². The Labute approximate surface area is 305 Å². The van der Waals surface area contributed by atoms with Gasteiger partial charge < -0.3 is 25.1 Å². The molecule has 3 N–H and O–H groups in total. The molecule has 1 heterocycles. The van der Waals surface area contributed by atoms with Gasteiger partial charge in [0.05, 0.1) is 54.0 Å². The summed E-state index contributed by atoms with van der Waals surface area (Å²) in [4.78, 5) is 17.4. The minimum atomic E-state index is -5.18. The number of ether oxygens (including phenoxy) is 2. The van der Waals surface area contributed by atoms with Gasteiger partial charge in [-0.25, -0.2) is 4.98 Å². The van der Waals surface area contributed by atoms with E-state index >= 15 is 0 Å². The summed E-state index contributed by atoms with van der Waals surface area (Å²) in [5, 5.41) is 3.22. The number of carbonyl (C=O) groups excluding carboxylic acids is 1. The van der Waals surface area contributed by atoms with E-state index in [1.807, 2.05) is 0 Å². The first kappa shape index (κ1) is 38.8. The summed E-state index contributed by atoms with van der Waals surface area (Å²) in [6, 6.07) is 20.9. The van der Waals surface area contributed by atoms with E-state index < -0.39 is 29.0 Å². The first-order chi connectivity index (χ1) is 24.8. The van der Waals surface area contributed by atoms with E-state index in [0.717, 1.165) is 6.07 Å². The molecule has 4 aromatic carbocycles. The highest BCUT2D eigenvalue weighted by Gasteiger charge is 2.40. The predicted octanol–water partition coefficient (Wildman–Crippen LogP) is 9.00. The van der Waals surface area contributed by atoms with E-state index in [-0.39, 0.29) is 58.9 Å². The smallest absolute Gasteiger partial charge is 0.378 e. The second kappa shape index (κ2) is 17.0. The molecule has 0 atom stereocenters. The number of amides is 1. The number of imidazole rings is 1. The molecule has 0 saturated heterocycles. The Morgan fingerprint density at radius 1 is 0.750 bits per heavy atom. The van der Waals surface area contributed by atoms with Crippen molar-refractivity contribution in [1.82, 2.24) is 14.9 Å². The van der Waals surface area contributed by atoms with Crippen molar-refractivity contribution in [2.24, 2.45) is 5.73 Å². The molecular weight excluding hydrogens is 733 g/mol. The molecule has 0 bridgehead atoms. The number of benzene rings is 4. The maximum atomic E-state index is 14.6. The number of halogens is 8. The Balaban J connectivity index is 1.58. The molecule has 0 aliphatic carbocycles. The topological polar surface area (TPSA) is 91.4 Å². The van der Waals surface area contributed by atoms with Crippen molar-refractivity contribution < 1.29 is 40.6 Å². The van der Waals surface area contributed by atoms with Gasteiger partial charge >= 0.3 is 12.4 Å². The van der Waals surface area contributed by atoms with Crippen LogP contribution in [-0.4, -0.2) is 55.0 Å². The van der Waals surface area contributed by atoms with Crippen molar-refractivity contribution in [2.45, 2.75) is 18.9 Å². The maximum Gasteiger partial charge on any atom is 0.417 e. The number of alkyl halides is 6. The number of aromatic nitrogens is 2. The molecule has 1 amide bonds. The number of hydrogen-bond donors (Lipinski definition) is 2. The number of nitrogens with two attached hydrogens (primary N) is 1. The van der Waals surface area contributed by atoms with Gasteiger partial charge in [0.15, 0.2) is 0 Å². The first-order valence-corrected chi connectivity index (χ1v) is 16.7. The highest BCUT2D eigenvalue weighted by Crippen LogP contribution is 2.45. The third-order valence-corrected chi connectivity index (χ3v) is 8.50. The molecule has 52 heavy (non-hydrogen) atoms. The van der Waals surface area contributed by atoms with Crippen LogP contribution in [0, 0.1) is 0 Å². The van der Waals surface area contributed by atoms with Crippen LogP contribution in [0.3, 0.4) is 0 Å². The Morgan fingerprint density at radius 3 is 1.96 bits per heavy atom. The molecule has 0 aliphatic heterocycles. The lowest BCUT2D eigenvalue weighted by molar-refractivity contribution is -0.142. The molecule has 0 unspecified atom stereocenters. The Morgan fingerprint density at radius 2 is 1.37 bits per heavy atom. The van der Waals surface area contributed by atoms with Crippen LogP contribution in [0.25, 0.3) is 33.9 Å². The summed E-state index contributed by atoms with van der Waals surface area (Å²) in [6.45, 7) is 1.91. The van der Waals surface area contributed by atoms with E-state index in [1.54, 1.807) is 72.8 Å². The predicted molar refractivity (Wildman–Crippen MR) is 187 cm³/mol. The summed E-state index contributed by atoms with van der Waals surface area (Å²) >= 11 is 13.2. The second-order valence-electron chi connectivity index (χ2n) is 11.4. The average Bonchev–Trinajstić information content (AvgIpc) is 3.47. The lowest BCUT2D eigenvalue weighted by Crippen LogP contribution is -2.27.